The average Bonchev–Trinajstić information content (AvgIpc) is 3.04. The number of aromatic nitrogens is 3. The molecule has 0 unspecified atom stereocenters. The van der Waals surface area contributed by atoms with E-state index in [2.05, 4.69) is 15.5 Å². The fourth-order valence-electron chi connectivity index (χ4n) is 2.10. The van der Waals surface area contributed by atoms with Crippen molar-refractivity contribution < 1.29 is 22.8 Å². The van der Waals surface area contributed by atoms with Crippen molar-refractivity contribution in [3.63, 3.8) is 0 Å². The molecule has 1 aliphatic rings. The van der Waals surface area contributed by atoms with Gasteiger partial charge < -0.3 is 5.32 Å². The average molecular weight is 380 g/mol. The summed E-state index contributed by atoms with van der Waals surface area (Å²) >= 11 is 6.88. The van der Waals surface area contributed by atoms with Crippen molar-refractivity contribution in [1.82, 2.24) is 24.8 Å². The van der Waals surface area contributed by atoms with Gasteiger partial charge in [-0.1, -0.05) is 23.4 Å². The number of nitrogens with one attached hydrogen (secondary N) is 1. The Morgan fingerprint density at radius 1 is 1.33 bits per heavy atom. The normalized spacial score (nSPS) is 15.4. The standard InChI is InChI=1S/C12H9ClF3N5O2S/c13-7-3-6(12(14,15)16)5-21-9(7)18-19-11(21)24-2-1-20-8(22)4-17-10(20)23/h3,5H,1-2,4H2,(H,17,23). The van der Waals surface area contributed by atoms with Crippen molar-refractivity contribution in [3.8, 4) is 0 Å². The molecule has 0 aromatic carbocycles. The Hall–Kier alpha value is -2.01. The molecular formula is C12H9ClF3N5O2S. The van der Waals surface area contributed by atoms with Crippen molar-refractivity contribution in [2.45, 2.75) is 11.3 Å². The zero-order valence-electron chi connectivity index (χ0n) is 11.8. The lowest BCUT2D eigenvalue weighted by Crippen LogP contribution is -2.32. The summed E-state index contributed by atoms with van der Waals surface area (Å²) in [6.07, 6.45) is -3.69. The Balaban J connectivity index is 1.79. The summed E-state index contributed by atoms with van der Waals surface area (Å²) in [6, 6.07) is 0.293. The van der Waals surface area contributed by atoms with Crippen LogP contribution < -0.4 is 5.32 Å². The van der Waals surface area contributed by atoms with Gasteiger partial charge in [0.05, 0.1) is 17.1 Å². The second-order valence-corrected chi connectivity index (χ2v) is 6.27. The van der Waals surface area contributed by atoms with Gasteiger partial charge in [0.25, 0.3) is 0 Å². The van der Waals surface area contributed by atoms with Gasteiger partial charge in [-0.15, -0.1) is 10.2 Å². The Kier molecular flexibility index (Phi) is 4.30. The number of pyridine rings is 1. The highest BCUT2D eigenvalue weighted by Crippen LogP contribution is 2.33. The molecule has 0 aliphatic carbocycles. The maximum absolute atomic E-state index is 12.9. The molecule has 2 aromatic rings. The van der Waals surface area contributed by atoms with Gasteiger partial charge in [0.15, 0.2) is 10.8 Å². The van der Waals surface area contributed by atoms with Gasteiger partial charge in [-0.05, 0) is 6.07 Å². The quantitative estimate of drug-likeness (QED) is 0.649. The number of rotatable bonds is 4. The summed E-state index contributed by atoms with van der Waals surface area (Å²) in [5.41, 5.74) is -0.821. The van der Waals surface area contributed by atoms with Crippen LogP contribution >= 0.6 is 23.4 Å². The van der Waals surface area contributed by atoms with Gasteiger partial charge in [0.1, 0.15) is 0 Å². The Morgan fingerprint density at radius 3 is 2.71 bits per heavy atom. The minimum Gasteiger partial charge on any atom is -0.329 e. The topological polar surface area (TPSA) is 79.6 Å². The van der Waals surface area contributed by atoms with Crippen LogP contribution in [0.4, 0.5) is 18.0 Å². The van der Waals surface area contributed by atoms with Crippen molar-refractivity contribution in [1.29, 1.82) is 0 Å². The lowest BCUT2D eigenvalue weighted by Gasteiger charge is -2.11. The number of thioether (sulfide) groups is 1. The van der Waals surface area contributed by atoms with Gasteiger partial charge in [-0.25, -0.2) is 4.79 Å². The van der Waals surface area contributed by atoms with E-state index in [0.717, 1.165) is 33.3 Å². The zero-order valence-corrected chi connectivity index (χ0v) is 13.4. The van der Waals surface area contributed by atoms with Gasteiger partial charge in [-0.3, -0.25) is 14.1 Å². The predicted octanol–water partition coefficient (Wildman–Crippen LogP) is 2.05. The maximum Gasteiger partial charge on any atom is 0.417 e. The summed E-state index contributed by atoms with van der Waals surface area (Å²) < 4.78 is 39.7. The van der Waals surface area contributed by atoms with Crippen LogP contribution in [0.3, 0.4) is 0 Å². The lowest BCUT2D eigenvalue weighted by molar-refractivity contribution is -0.137. The molecule has 1 fully saturated rings. The molecular weight excluding hydrogens is 371 g/mol. The van der Waals surface area contributed by atoms with E-state index in [9.17, 15) is 22.8 Å². The molecule has 1 aliphatic heterocycles. The number of fused-ring (bicyclic) bond motifs is 1. The first kappa shape index (κ1) is 16.8. The number of hydrogen-bond acceptors (Lipinski definition) is 5. The molecule has 3 heterocycles. The number of amides is 3. The third-order valence-electron chi connectivity index (χ3n) is 3.24. The molecule has 3 rings (SSSR count). The zero-order chi connectivity index (χ0) is 17.5. The lowest BCUT2D eigenvalue weighted by atomic mass is 10.3. The molecule has 0 bridgehead atoms. The van der Waals surface area contributed by atoms with Crippen LogP contribution in [0.5, 0.6) is 0 Å². The highest BCUT2D eigenvalue weighted by atomic mass is 35.5. The number of urea groups is 1. The number of imide groups is 1. The van der Waals surface area contributed by atoms with E-state index in [0.29, 0.717) is 0 Å². The first-order chi connectivity index (χ1) is 11.3. The summed E-state index contributed by atoms with van der Waals surface area (Å²) in [5.74, 6) is -0.0949. The minimum absolute atomic E-state index is 0.0537. The van der Waals surface area contributed by atoms with Gasteiger partial charge in [0, 0.05) is 18.5 Å². The summed E-state index contributed by atoms with van der Waals surface area (Å²) in [4.78, 5) is 23.9. The molecule has 0 spiro atoms. The second kappa shape index (κ2) is 6.13. The molecule has 24 heavy (non-hydrogen) atoms. The van der Waals surface area contributed by atoms with Crippen LogP contribution in [0, 0.1) is 0 Å². The van der Waals surface area contributed by atoms with E-state index in [-0.39, 0.29) is 40.6 Å². The van der Waals surface area contributed by atoms with E-state index in [1.165, 1.54) is 0 Å². The molecule has 1 N–H and O–H groups in total. The van der Waals surface area contributed by atoms with Gasteiger partial charge in [0.2, 0.25) is 5.91 Å². The van der Waals surface area contributed by atoms with Crippen LogP contribution in [0.1, 0.15) is 5.56 Å². The highest BCUT2D eigenvalue weighted by Gasteiger charge is 2.32. The first-order valence-electron chi connectivity index (χ1n) is 6.60. The van der Waals surface area contributed by atoms with Crippen molar-refractivity contribution in [3.05, 3.63) is 22.8 Å². The largest absolute Gasteiger partial charge is 0.417 e. The van der Waals surface area contributed by atoms with E-state index in [1.807, 2.05) is 0 Å². The Bertz CT molecular complexity index is 809. The third-order valence-corrected chi connectivity index (χ3v) is 4.44. The number of carbonyl (C=O) groups is 2. The van der Waals surface area contributed by atoms with Crippen LogP contribution in [0.15, 0.2) is 17.4 Å². The van der Waals surface area contributed by atoms with Crippen molar-refractivity contribution >= 4 is 40.9 Å². The smallest absolute Gasteiger partial charge is 0.329 e. The van der Waals surface area contributed by atoms with E-state index in [1.54, 1.807) is 0 Å². The number of carbonyl (C=O) groups excluding carboxylic acids is 2. The first-order valence-corrected chi connectivity index (χ1v) is 7.96. The van der Waals surface area contributed by atoms with Crippen molar-refractivity contribution in [2.75, 3.05) is 18.8 Å². The molecule has 3 amide bonds. The van der Waals surface area contributed by atoms with Crippen molar-refractivity contribution in [2.24, 2.45) is 0 Å². The van der Waals surface area contributed by atoms with E-state index in [4.69, 9.17) is 11.6 Å². The molecule has 0 radical (unpaired) electrons. The minimum atomic E-state index is -4.55. The SMILES string of the molecule is O=C1CNC(=O)N1CCSc1nnc2c(Cl)cc(C(F)(F)F)cn12. The van der Waals surface area contributed by atoms with Crippen LogP contribution in [0.2, 0.25) is 5.02 Å². The van der Waals surface area contributed by atoms with Gasteiger partial charge in [-0.2, -0.15) is 13.2 Å². The Labute approximate surface area is 142 Å². The van der Waals surface area contributed by atoms with Crippen LogP contribution in [-0.4, -0.2) is 50.3 Å². The second-order valence-electron chi connectivity index (χ2n) is 4.80. The number of halogens is 4. The van der Waals surface area contributed by atoms with E-state index < -0.39 is 17.8 Å². The molecule has 7 nitrogen and oxygen atoms in total. The maximum atomic E-state index is 12.9. The molecule has 0 atom stereocenters. The van der Waals surface area contributed by atoms with Crippen LogP contribution in [-0.2, 0) is 11.0 Å². The molecule has 0 saturated carbocycles. The number of hydrogen-bond donors (Lipinski definition) is 1. The molecule has 1 saturated heterocycles. The predicted molar refractivity (Wildman–Crippen MR) is 78.8 cm³/mol. The summed E-state index contributed by atoms with van der Waals surface area (Å²) in [5, 5.41) is 9.95. The third kappa shape index (κ3) is 3.13. The van der Waals surface area contributed by atoms with Crippen LogP contribution in [0.25, 0.3) is 5.65 Å². The highest BCUT2D eigenvalue weighted by molar-refractivity contribution is 7.99. The molecule has 128 valence electrons. The molecule has 12 heteroatoms. The Morgan fingerprint density at radius 2 is 2.08 bits per heavy atom. The monoisotopic (exact) mass is 379 g/mol. The molecule has 2 aromatic heterocycles. The fraction of sp³-hybridized carbons (Fsp3) is 0.333. The summed E-state index contributed by atoms with van der Waals surface area (Å²) in [7, 11) is 0. The fourth-order valence-corrected chi connectivity index (χ4v) is 3.18. The van der Waals surface area contributed by atoms with E-state index >= 15 is 0 Å². The number of nitrogens with zero attached hydrogens (tertiary/aromatic N) is 4. The van der Waals surface area contributed by atoms with Gasteiger partial charge >= 0.3 is 12.2 Å². The number of alkyl halides is 3. The summed E-state index contributed by atoms with van der Waals surface area (Å²) in [6.45, 7) is 0.0544.